The molecule has 46 heavy (non-hydrogen) atoms. The predicted molar refractivity (Wildman–Crippen MR) is 170 cm³/mol. The van der Waals surface area contributed by atoms with Crippen molar-refractivity contribution in [1.82, 2.24) is 25.8 Å². The minimum Gasteiger partial charge on any atom is -0.479 e. The lowest BCUT2D eigenvalue weighted by Gasteiger charge is -2.30. The zero-order valence-electron chi connectivity index (χ0n) is 26.2. The molecule has 5 rings (SSSR count). The van der Waals surface area contributed by atoms with E-state index in [0.717, 1.165) is 30.4 Å². The molecule has 0 aromatic heterocycles. The highest BCUT2D eigenvalue weighted by atomic mass is 35.5. The number of amides is 5. The SMILES string of the molecule is CC(C)(C)NC(=O)N[C@H]1CCCCC/C=C\[C@@H]2C[C@@]2(C(=O)O)NC(=O)C2C[C@@H](OC(=O)N3Cc4cc(Cl)c(Cl)cc4C3)CN2C1=O. The molecule has 1 aromatic carbocycles. The van der Waals surface area contributed by atoms with E-state index < -0.39 is 59.2 Å². The zero-order chi connectivity index (χ0) is 33.4. The standard InChI is InChI=1S/C32H41Cl2N5O7/c1-31(2,3)37-29(44)35-24-10-8-6-4-5-7-9-20-14-32(20,28(42)43)36-26(40)25-13-21(17-39(25)27(24)41)46-30(45)38-15-18-11-22(33)23(34)12-19(18)16-38/h7,9,11-12,20-21,24-25H,4-6,8,10,13-17H2,1-3H3,(H,36,40)(H,42,43)(H2,35,37,44)/b9-7-/t20-,21-,24+,25?,32-/m1/s1. The molecule has 3 aliphatic heterocycles. The van der Waals surface area contributed by atoms with Gasteiger partial charge in [-0.2, -0.15) is 0 Å². The molecule has 4 aliphatic rings. The molecule has 250 valence electrons. The fraction of sp³-hybridized carbons (Fsp3) is 0.594. The number of halogens is 2. The predicted octanol–water partition coefficient (Wildman–Crippen LogP) is 4.36. The van der Waals surface area contributed by atoms with Gasteiger partial charge in [0, 0.05) is 31.0 Å². The second-order valence-corrected chi connectivity index (χ2v) is 14.5. The summed E-state index contributed by atoms with van der Waals surface area (Å²) < 4.78 is 5.84. The number of carbonyl (C=O) groups is 5. The van der Waals surface area contributed by atoms with Crippen molar-refractivity contribution < 1.29 is 33.8 Å². The van der Waals surface area contributed by atoms with E-state index >= 15 is 0 Å². The molecule has 5 amide bonds. The van der Waals surface area contributed by atoms with Crippen molar-refractivity contribution >= 4 is 53.1 Å². The monoisotopic (exact) mass is 677 g/mol. The maximum absolute atomic E-state index is 14.1. The van der Waals surface area contributed by atoms with Crippen molar-refractivity contribution in [3.05, 3.63) is 45.5 Å². The largest absolute Gasteiger partial charge is 0.479 e. The van der Waals surface area contributed by atoms with Gasteiger partial charge in [0.1, 0.15) is 23.7 Å². The Morgan fingerprint density at radius 2 is 1.74 bits per heavy atom. The maximum atomic E-state index is 14.1. The number of hydrogen-bond acceptors (Lipinski definition) is 6. The van der Waals surface area contributed by atoms with Gasteiger partial charge in [0.15, 0.2) is 0 Å². The Balaban J connectivity index is 1.37. The van der Waals surface area contributed by atoms with Crippen LogP contribution in [0.15, 0.2) is 24.3 Å². The molecule has 0 radical (unpaired) electrons. The molecule has 2 fully saturated rings. The molecule has 0 spiro atoms. The quantitative estimate of drug-likeness (QED) is 0.346. The molecule has 3 heterocycles. The first-order valence-corrected chi connectivity index (χ1v) is 16.5. The lowest BCUT2D eigenvalue weighted by Crippen LogP contribution is -2.58. The molecule has 1 saturated carbocycles. The van der Waals surface area contributed by atoms with Crippen LogP contribution in [0.3, 0.4) is 0 Å². The lowest BCUT2D eigenvalue weighted by atomic mass is 10.0. The summed E-state index contributed by atoms with van der Waals surface area (Å²) in [4.78, 5) is 69.2. The van der Waals surface area contributed by atoms with Crippen molar-refractivity contribution in [1.29, 1.82) is 0 Å². The number of aliphatic carboxylic acids is 1. The third-order valence-electron chi connectivity index (χ3n) is 8.91. The summed E-state index contributed by atoms with van der Waals surface area (Å²) in [6, 6.07) is 0.847. The van der Waals surface area contributed by atoms with Gasteiger partial charge >= 0.3 is 18.1 Å². The van der Waals surface area contributed by atoms with Crippen molar-refractivity contribution in [3.8, 4) is 0 Å². The molecule has 1 aromatic rings. The normalized spacial score (nSPS) is 28.9. The average molecular weight is 679 g/mol. The Morgan fingerprint density at radius 1 is 1.07 bits per heavy atom. The first-order chi connectivity index (χ1) is 21.7. The van der Waals surface area contributed by atoms with Crippen LogP contribution in [0.25, 0.3) is 0 Å². The van der Waals surface area contributed by atoms with Crippen LogP contribution in [-0.2, 0) is 32.2 Å². The number of carboxylic acids is 1. The summed E-state index contributed by atoms with van der Waals surface area (Å²) in [5.74, 6) is -2.65. The molecule has 14 heteroatoms. The number of benzene rings is 1. The van der Waals surface area contributed by atoms with Crippen LogP contribution in [0.5, 0.6) is 0 Å². The van der Waals surface area contributed by atoms with Crippen molar-refractivity contribution in [2.75, 3.05) is 6.54 Å². The van der Waals surface area contributed by atoms with E-state index in [9.17, 15) is 29.1 Å². The second kappa shape index (κ2) is 13.3. The first-order valence-electron chi connectivity index (χ1n) is 15.7. The van der Waals surface area contributed by atoms with Gasteiger partial charge < -0.3 is 30.7 Å². The summed E-state index contributed by atoms with van der Waals surface area (Å²) in [5, 5.41) is 19.1. The fourth-order valence-electron chi connectivity index (χ4n) is 6.42. The van der Waals surface area contributed by atoms with E-state index in [2.05, 4.69) is 16.0 Å². The van der Waals surface area contributed by atoms with Gasteiger partial charge in [0.05, 0.1) is 16.6 Å². The van der Waals surface area contributed by atoms with Crippen LogP contribution in [0, 0.1) is 5.92 Å². The number of carboxylic acid groups (broad SMARTS) is 1. The third kappa shape index (κ3) is 7.54. The highest BCUT2D eigenvalue weighted by Crippen LogP contribution is 2.45. The minimum atomic E-state index is -1.47. The maximum Gasteiger partial charge on any atom is 0.410 e. The number of rotatable bonds is 3. The molecular weight excluding hydrogens is 637 g/mol. The van der Waals surface area contributed by atoms with Gasteiger partial charge in [0.2, 0.25) is 11.8 Å². The second-order valence-electron chi connectivity index (χ2n) is 13.7. The number of urea groups is 1. The van der Waals surface area contributed by atoms with Crippen LogP contribution >= 0.6 is 23.2 Å². The summed E-state index contributed by atoms with van der Waals surface area (Å²) in [7, 11) is 0. The number of nitrogens with zero attached hydrogens (tertiary/aromatic N) is 2. The van der Waals surface area contributed by atoms with E-state index in [0.29, 0.717) is 22.9 Å². The molecule has 5 atom stereocenters. The van der Waals surface area contributed by atoms with Crippen molar-refractivity contribution in [3.63, 3.8) is 0 Å². The molecule has 12 nitrogen and oxygen atoms in total. The smallest absolute Gasteiger partial charge is 0.410 e. The lowest BCUT2D eigenvalue weighted by molar-refractivity contribution is -0.145. The summed E-state index contributed by atoms with van der Waals surface area (Å²) >= 11 is 12.3. The van der Waals surface area contributed by atoms with E-state index in [-0.39, 0.29) is 38.4 Å². The van der Waals surface area contributed by atoms with Crippen LogP contribution < -0.4 is 16.0 Å². The molecule has 1 saturated heterocycles. The molecule has 0 bridgehead atoms. The topological polar surface area (TPSA) is 157 Å². The highest BCUT2D eigenvalue weighted by molar-refractivity contribution is 6.42. The number of nitrogens with one attached hydrogen (secondary N) is 3. The Labute approximate surface area is 278 Å². The molecule has 1 aliphatic carbocycles. The Hall–Kier alpha value is -3.51. The van der Waals surface area contributed by atoms with E-state index in [4.69, 9.17) is 27.9 Å². The van der Waals surface area contributed by atoms with Crippen LogP contribution in [-0.4, -0.2) is 80.6 Å². The van der Waals surface area contributed by atoms with Gasteiger partial charge in [-0.1, -0.05) is 48.2 Å². The minimum absolute atomic E-state index is 0.0289. The summed E-state index contributed by atoms with van der Waals surface area (Å²) in [6.45, 7) is 5.89. The Kier molecular flexibility index (Phi) is 9.79. The van der Waals surface area contributed by atoms with Crippen LogP contribution in [0.4, 0.5) is 9.59 Å². The number of carbonyl (C=O) groups excluding carboxylic acids is 4. The van der Waals surface area contributed by atoms with Gasteiger partial charge in [-0.15, -0.1) is 0 Å². The average Bonchev–Trinajstić information content (AvgIpc) is 3.27. The van der Waals surface area contributed by atoms with Crippen molar-refractivity contribution in [2.45, 2.75) is 108 Å². The Bertz CT molecular complexity index is 1420. The number of ether oxygens (including phenoxy) is 1. The van der Waals surface area contributed by atoms with Crippen LogP contribution in [0.1, 0.15) is 76.8 Å². The first kappa shape index (κ1) is 33.8. The van der Waals surface area contributed by atoms with E-state index in [1.807, 2.05) is 32.9 Å². The molecule has 4 N–H and O–H groups in total. The van der Waals surface area contributed by atoms with Crippen molar-refractivity contribution in [2.24, 2.45) is 5.92 Å². The number of hydrogen-bond donors (Lipinski definition) is 4. The molecule has 1 unspecified atom stereocenters. The summed E-state index contributed by atoms with van der Waals surface area (Å²) in [6.07, 6.45) is 5.86. The van der Waals surface area contributed by atoms with Gasteiger partial charge in [0.25, 0.3) is 0 Å². The Morgan fingerprint density at radius 3 is 2.37 bits per heavy atom. The summed E-state index contributed by atoms with van der Waals surface area (Å²) in [5.41, 5.74) is -0.332. The third-order valence-corrected chi connectivity index (χ3v) is 9.63. The number of fused-ring (bicyclic) bond motifs is 3. The zero-order valence-corrected chi connectivity index (χ0v) is 27.7. The van der Waals surface area contributed by atoms with Gasteiger partial charge in [-0.3, -0.25) is 14.5 Å². The number of allylic oxidation sites excluding steroid dienone is 1. The van der Waals surface area contributed by atoms with E-state index in [1.54, 1.807) is 12.1 Å². The fourth-order valence-corrected chi connectivity index (χ4v) is 6.79. The highest BCUT2D eigenvalue weighted by Gasteiger charge is 2.61. The van der Waals surface area contributed by atoms with Gasteiger partial charge in [-0.05, 0) is 69.7 Å². The van der Waals surface area contributed by atoms with Crippen LogP contribution in [0.2, 0.25) is 10.0 Å². The van der Waals surface area contributed by atoms with Gasteiger partial charge in [-0.25, -0.2) is 14.4 Å². The van der Waals surface area contributed by atoms with E-state index in [1.165, 1.54) is 9.80 Å². The molecular formula is C32H41Cl2N5O7.